The number of benzene rings is 2. The molecule has 1 fully saturated rings. The average molecular weight is 314 g/mol. The third-order valence-electron chi connectivity index (χ3n) is 4.35. The highest BCUT2D eigenvalue weighted by Crippen LogP contribution is 2.15. The molecule has 0 amide bonds. The summed E-state index contributed by atoms with van der Waals surface area (Å²) < 4.78 is 18.1. The van der Waals surface area contributed by atoms with Gasteiger partial charge in [0.05, 0.1) is 7.11 Å². The second-order valence-corrected chi connectivity index (χ2v) is 6.03. The molecule has 0 saturated carbocycles. The van der Waals surface area contributed by atoms with Crippen molar-refractivity contribution in [2.45, 2.75) is 13.1 Å². The van der Waals surface area contributed by atoms with Gasteiger partial charge in [-0.15, -0.1) is 0 Å². The van der Waals surface area contributed by atoms with Gasteiger partial charge in [0, 0.05) is 39.3 Å². The molecule has 0 unspecified atom stereocenters. The van der Waals surface area contributed by atoms with E-state index in [0.29, 0.717) is 0 Å². The molecule has 0 atom stereocenters. The van der Waals surface area contributed by atoms with Crippen LogP contribution in [0.3, 0.4) is 0 Å². The van der Waals surface area contributed by atoms with Crippen LogP contribution in [-0.4, -0.2) is 43.1 Å². The first-order valence-corrected chi connectivity index (χ1v) is 8.05. The Bertz CT molecular complexity index is 604. The van der Waals surface area contributed by atoms with E-state index in [-0.39, 0.29) is 5.82 Å². The molecule has 23 heavy (non-hydrogen) atoms. The first kappa shape index (κ1) is 16.0. The standard InChI is InChI=1S/C19H23FN2O/c1-23-19-8-4-17(5-9-19)15-22-12-10-21(11-13-22)14-16-2-6-18(20)7-3-16/h2-9H,10-15H2,1H3. The Hall–Kier alpha value is -1.91. The molecule has 0 bridgehead atoms. The number of nitrogens with zero attached hydrogens (tertiary/aromatic N) is 2. The fourth-order valence-electron chi connectivity index (χ4n) is 2.94. The molecular weight excluding hydrogens is 291 g/mol. The van der Waals surface area contributed by atoms with Crippen molar-refractivity contribution in [1.29, 1.82) is 0 Å². The summed E-state index contributed by atoms with van der Waals surface area (Å²) in [6, 6.07) is 15.1. The predicted molar refractivity (Wildman–Crippen MR) is 89.9 cm³/mol. The van der Waals surface area contributed by atoms with E-state index in [4.69, 9.17) is 4.74 Å². The maximum Gasteiger partial charge on any atom is 0.123 e. The number of hydrogen-bond acceptors (Lipinski definition) is 3. The molecule has 1 heterocycles. The van der Waals surface area contributed by atoms with Gasteiger partial charge in [0.15, 0.2) is 0 Å². The van der Waals surface area contributed by atoms with Gasteiger partial charge in [0.1, 0.15) is 11.6 Å². The van der Waals surface area contributed by atoms with Gasteiger partial charge in [-0.05, 0) is 35.4 Å². The number of ether oxygens (including phenoxy) is 1. The molecule has 1 saturated heterocycles. The number of hydrogen-bond donors (Lipinski definition) is 0. The minimum absolute atomic E-state index is 0.168. The molecule has 4 heteroatoms. The van der Waals surface area contributed by atoms with Crippen molar-refractivity contribution in [2.75, 3.05) is 33.3 Å². The van der Waals surface area contributed by atoms with Crippen LogP contribution >= 0.6 is 0 Å². The Morgan fingerprint density at radius 1 is 0.783 bits per heavy atom. The van der Waals surface area contributed by atoms with Gasteiger partial charge in [-0.3, -0.25) is 9.80 Å². The van der Waals surface area contributed by atoms with Crippen LogP contribution in [0.5, 0.6) is 5.75 Å². The Labute approximate surface area is 137 Å². The quantitative estimate of drug-likeness (QED) is 0.843. The second-order valence-electron chi connectivity index (χ2n) is 6.03. The zero-order valence-electron chi connectivity index (χ0n) is 13.5. The third kappa shape index (κ3) is 4.53. The van der Waals surface area contributed by atoms with Crippen LogP contribution in [-0.2, 0) is 13.1 Å². The van der Waals surface area contributed by atoms with Crippen molar-refractivity contribution in [2.24, 2.45) is 0 Å². The summed E-state index contributed by atoms with van der Waals surface area (Å²) in [5, 5.41) is 0. The van der Waals surface area contributed by atoms with Crippen LogP contribution < -0.4 is 4.74 Å². The first-order valence-electron chi connectivity index (χ1n) is 8.05. The summed E-state index contributed by atoms with van der Waals surface area (Å²) in [5.41, 5.74) is 2.49. The van der Waals surface area contributed by atoms with E-state index in [9.17, 15) is 4.39 Å². The summed E-state index contributed by atoms with van der Waals surface area (Å²) in [6.07, 6.45) is 0. The van der Waals surface area contributed by atoms with E-state index < -0.39 is 0 Å². The van der Waals surface area contributed by atoms with Crippen molar-refractivity contribution in [3.63, 3.8) is 0 Å². The van der Waals surface area contributed by atoms with Crippen LogP contribution in [0.15, 0.2) is 48.5 Å². The molecule has 0 N–H and O–H groups in total. The molecular formula is C19H23FN2O. The molecule has 1 aliphatic heterocycles. The second kappa shape index (κ2) is 7.57. The Morgan fingerprint density at radius 3 is 1.65 bits per heavy atom. The fourth-order valence-corrected chi connectivity index (χ4v) is 2.94. The zero-order valence-corrected chi connectivity index (χ0v) is 13.5. The smallest absolute Gasteiger partial charge is 0.123 e. The van der Waals surface area contributed by atoms with Gasteiger partial charge in [-0.2, -0.15) is 0 Å². The van der Waals surface area contributed by atoms with Gasteiger partial charge < -0.3 is 4.74 Å². The first-order chi connectivity index (χ1) is 11.2. The maximum absolute atomic E-state index is 12.9. The topological polar surface area (TPSA) is 15.7 Å². The highest BCUT2D eigenvalue weighted by molar-refractivity contribution is 5.27. The van der Waals surface area contributed by atoms with E-state index in [2.05, 4.69) is 21.9 Å². The Balaban J connectivity index is 1.47. The van der Waals surface area contributed by atoms with Crippen LogP contribution in [0.4, 0.5) is 4.39 Å². The predicted octanol–water partition coefficient (Wildman–Crippen LogP) is 3.15. The summed E-state index contributed by atoms with van der Waals surface area (Å²) in [4.78, 5) is 4.90. The summed E-state index contributed by atoms with van der Waals surface area (Å²) >= 11 is 0. The lowest BCUT2D eigenvalue weighted by molar-refractivity contribution is 0.122. The van der Waals surface area contributed by atoms with Gasteiger partial charge >= 0.3 is 0 Å². The van der Waals surface area contributed by atoms with Crippen molar-refractivity contribution < 1.29 is 9.13 Å². The highest BCUT2D eigenvalue weighted by atomic mass is 19.1. The molecule has 2 aromatic rings. The number of piperazine rings is 1. The average Bonchev–Trinajstić information content (AvgIpc) is 2.59. The van der Waals surface area contributed by atoms with E-state index in [1.54, 1.807) is 7.11 Å². The van der Waals surface area contributed by atoms with Crippen LogP contribution in [0.2, 0.25) is 0 Å². The summed E-state index contributed by atoms with van der Waals surface area (Å²) in [5.74, 6) is 0.732. The molecule has 3 nitrogen and oxygen atoms in total. The lowest BCUT2D eigenvalue weighted by Crippen LogP contribution is -2.45. The molecule has 1 aliphatic rings. The maximum atomic E-state index is 12.9. The van der Waals surface area contributed by atoms with Crippen LogP contribution in [0.25, 0.3) is 0 Å². The Kier molecular flexibility index (Phi) is 5.26. The molecule has 2 aromatic carbocycles. The number of halogens is 1. The lowest BCUT2D eigenvalue weighted by Gasteiger charge is -2.34. The van der Waals surface area contributed by atoms with Gasteiger partial charge in [0.2, 0.25) is 0 Å². The molecule has 0 aliphatic carbocycles. The van der Waals surface area contributed by atoms with E-state index in [1.165, 1.54) is 23.3 Å². The summed E-state index contributed by atoms with van der Waals surface area (Å²) in [6.45, 7) is 6.10. The highest BCUT2D eigenvalue weighted by Gasteiger charge is 2.17. The van der Waals surface area contributed by atoms with E-state index in [1.807, 2.05) is 24.3 Å². The van der Waals surface area contributed by atoms with Crippen molar-refractivity contribution >= 4 is 0 Å². The van der Waals surface area contributed by atoms with Gasteiger partial charge in [-0.25, -0.2) is 4.39 Å². The molecule has 0 aromatic heterocycles. The lowest BCUT2D eigenvalue weighted by atomic mass is 10.1. The van der Waals surface area contributed by atoms with E-state index >= 15 is 0 Å². The zero-order chi connectivity index (χ0) is 16.1. The largest absolute Gasteiger partial charge is 0.497 e. The third-order valence-corrected chi connectivity index (χ3v) is 4.35. The Morgan fingerprint density at radius 2 is 1.22 bits per heavy atom. The van der Waals surface area contributed by atoms with Gasteiger partial charge in [0.25, 0.3) is 0 Å². The van der Waals surface area contributed by atoms with Crippen molar-refractivity contribution in [3.8, 4) is 5.75 Å². The SMILES string of the molecule is COc1ccc(CN2CCN(Cc3ccc(F)cc3)CC2)cc1. The number of methoxy groups -OCH3 is 1. The number of rotatable bonds is 5. The van der Waals surface area contributed by atoms with Crippen molar-refractivity contribution in [3.05, 3.63) is 65.5 Å². The molecule has 122 valence electrons. The molecule has 3 rings (SSSR count). The van der Waals surface area contributed by atoms with Crippen molar-refractivity contribution in [1.82, 2.24) is 9.80 Å². The fraction of sp³-hybridized carbons (Fsp3) is 0.368. The molecule has 0 radical (unpaired) electrons. The minimum atomic E-state index is -0.168. The van der Waals surface area contributed by atoms with Gasteiger partial charge in [-0.1, -0.05) is 24.3 Å². The van der Waals surface area contributed by atoms with Crippen LogP contribution in [0.1, 0.15) is 11.1 Å². The normalized spacial score (nSPS) is 16.4. The van der Waals surface area contributed by atoms with E-state index in [0.717, 1.165) is 45.0 Å². The monoisotopic (exact) mass is 314 g/mol. The molecule has 0 spiro atoms. The van der Waals surface area contributed by atoms with Crippen LogP contribution in [0, 0.1) is 5.82 Å². The summed E-state index contributed by atoms with van der Waals surface area (Å²) in [7, 11) is 1.69. The minimum Gasteiger partial charge on any atom is -0.497 e.